The third kappa shape index (κ3) is 2.63. The van der Waals surface area contributed by atoms with Crippen molar-refractivity contribution in [2.45, 2.75) is 5.51 Å². The molecule has 1 unspecified atom stereocenters. The largest absolute Gasteiger partial charge is 0.498 e. The Labute approximate surface area is 54.1 Å². The molecule has 0 radical (unpaired) electrons. The fraction of sp³-hybridized carbons (Fsp3) is 1.00. The van der Waals surface area contributed by atoms with E-state index in [1.165, 1.54) is 0 Å². The van der Waals surface area contributed by atoms with Crippen LogP contribution in [0.3, 0.4) is 0 Å². The van der Waals surface area contributed by atoms with Crippen LogP contribution in [0.2, 0.25) is 0 Å². The number of alkyl halides is 3. The lowest BCUT2D eigenvalue weighted by atomic mass is 11.6. The van der Waals surface area contributed by atoms with Crippen molar-refractivity contribution in [2.75, 3.05) is 0 Å². The van der Waals surface area contributed by atoms with Gasteiger partial charge in [0.05, 0.1) is 0 Å². The zero-order valence-electron chi connectivity index (χ0n) is 3.24. The van der Waals surface area contributed by atoms with Crippen LogP contribution in [0.4, 0.5) is 13.2 Å². The Kier molecular flexibility index (Phi) is 2.92. The quantitative estimate of drug-likeness (QED) is 0.659. The van der Waals surface area contributed by atoms with E-state index in [0.717, 1.165) is 0 Å². The summed E-state index contributed by atoms with van der Waals surface area (Å²) in [5.41, 5.74) is -4.79. The highest BCUT2D eigenvalue weighted by molar-refractivity contribution is 9.06. The van der Waals surface area contributed by atoms with Crippen LogP contribution in [0.1, 0.15) is 0 Å². The third-order valence-corrected chi connectivity index (χ3v) is 1.46. The average Bonchev–Trinajstić information content (AvgIpc) is 1.62. The first-order valence-corrected chi connectivity index (χ1v) is 2.98. The third-order valence-electron chi connectivity index (χ3n) is 0.246. The maximum atomic E-state index is 11.0. The lowest BCUT2D eigenvalue weighted by Crippen LogP contribution is -2.15. The Balaban J connectivity index is 3.82. The molecule has 7 heteroatoms. The van der Waals surface area contributed by atoms with Gasteiger partial charge < -0.3 is 0 Å². The molecule has 2 nitrogen and oxygen atoms in total. The highest BCUT2D eigenvalue weighted by atomic mass is 79.9. The summed E-state index contributed by atoms with van der Waals surface area (Å²) in [5, 5.41) is 0. The van der Waals surface area contributed by atoms with Crippen LogP contribution in [0.15, 0.2) is 0 Å². The average molecular weight is 213 g/mol. The van der Waals surface area contributed by atoms with E-state index in [4.69, 9.17) is 0 Å². The molecule has 0 aromatic heterocycles. The molecule has 0 saturated carbocycles. The summed E-state index contributed by atoms with van der Waals surface area (Å²) >= 11 is -1.30. The molecule has 50 valence electrons. The molecule has 0 bridgehead atoms. The van der Waals surface area contributed by atoms with E-state index in [1.807, 2.05) is 16.3 Å². The van der Waals surface area contributed by atoms with E-state index >= 15 is 0 Å². The number of hydrogen-bond donors (Lipinski definition) is 0. The number of rotatable bonds is 1. The van der Waals surface area contributed by atoms with E-state index < -0.39 is 16.6 Å². The summed E-state index contributed by atoms with van der Waals surface area (Å²) in [6.07, 6.45) is 0. The van der Waals surface area contributed by atoms with E-state index in [2.05, 4.69) is 3.27 Å². The molecule has 0 saturated heterocycles. The van der Waals surface area contributed by atoms with Crippen LogP contribution < -0.4 is 0 Å². The second kappa shape index (κ2) is 2.79. The van der Waals surface area contributed by atoms with Gasteiger partial charge in [0.15, 0.2) is 0 Å². The van der Waals surface area contributed by atoms with Gasteiger partial charge in [0.1, 0.15) is 16.3 Å². The summed E-state index contributed by atoms with van der Waals surface area (Å²) in [6, 6.07) is 0. The van der Waals surface area contributed by atoms with Gasteiger partial charge in [-0.15, -0.1) is 0 Å². The molecule has 0 amide bonds. The lowest BCUT2D eigenvalue weighted by molar-refractivity contribution is -0.0430. The first-order valence-electron chi connectivity index (χ1n) is 1.26. The summed E-state index contributed by atoms with van der Waals surface area (Å²) < 4.78 is 45.8. The molecule has 8 heavy (non-hydrogen) atoms. The Morgan fingerprint density at radius 1 is 1.50 bits per heavy atom. The molecule has 0 fully saturated rings. The highest BCUT2D eigenvalue weighted by Gasteiger charge is 2.38. The maximum Gasteiger partial charge on any atom is 0.498 e. The van der Waals surface area contributed by atoms with Gasteiger partial charge in [0, 0.05) is 0 Å². The molecule has 0 heterocycles. The summed E-state index contributed by atoms with van der Waals surface area (Å²) in [6.45, 7) is 0. The van der Waals surface area contributed by atoms with E-state index in [0.29, 0.717) is 0 Å². The smallest absolute Gasteiger partial charge is 0.219 e. The van der Waals surface area contributed by atoms with E-state index in [1.54, 1.807) is 0 Å². The topological polar surface area (TPSA) is 26.3 Å². The Bertz CT molecular complexity index is 99.9. The Morgan fingerprint density at radius 3 is 1.88 bits per heavy atom. The molecular formula is CBrF3O2S. The van der Waals surface area contributed by atoms with Crippen LogP contribution >= 0.6 is 16.3 Å². The molecule has 1 atom stereocenters. The molecule has 0 spiro atoms. The predicted molar refractivity (Wildman–Crippen MR) is 24.2 cm³/mol. The van der Waals surface area contributed by atoms with Crippen molar-refractivity contribution in [3.05, 3.63) is 0 Å². The van der Waals surface area contributed by atoms with E-state index in [-0.39, 0.29) is 0 Å². The van der Waals surface area contributed by atoms with Gasteiger partial charge in [-0.2, -0.15) is 13.2 Å². The molecular weight excluding hydrogens is 213 g/mol. The van der Waals surface area contributed by atoms with E-state index in [9.17, 15) is 17.4 Å². The molecule has 0 aromatic rings. The summed E-state index contributed by atoms with van der Waals surface area (Å²) in [4.78, 5) is 0. The Morgan fingerprint density at radius 2 is 1.88 bits per heavy atom. The van der Waals surface area contributed by atoms with Gasteiger partial charge in [-0.3, -0.25) is 0 Å². The van der Waals surface area contributed by atoms with Crippen molar-refractivity contribution in [3.8, 4) is 0 Å². The minimum atomic E-state index is -4.79. The first kappa shape index (κ1) is 8.38. The molecule has 0 aliphatic rings. The molecule has 0 aliphatic carbocycles. The van der Waals surface area contributed by atoms with Gasteiger partial charge >= 0.3 is 5.51 Å². The highest BCUT2D eigenvalue weighted by Crippen LogP contribution is 2.21. The van der Waals surface area contributed by atoms with Crippen molar-refractivity contribution in [1.82, 2.24) is 0 Å². The fourth-order valence-electron chi connectivity index (χ4n) is 0.0357. The molecule has 0 N–H and O–H groups in total. The minimum Gasteiger partial charge on any atom is -0.219 e. The van der Waals surface area contributed by atoms with Crippen LogP contribution in [-0.4, -0.2) is 9.72 Å². The monoisotopic (exact) mass is 212 g/mol. The fourth-order valence-corrected chi connectivity index (χ4v) is 0.557. The van der Waals surface area contributed by atoms with Gasteiger partial charge in [-0.1, -0.05) is 0 Å². The van der Waals surface area contributed by atoms with Crippen molar-refractivity contribution in [3.63, 3.8) is 0 Å². The lowest BCUT2D eigenvalue weighted by Gasteiger charge is -1.98. The zero-order valence-corrected chi connectivity index (χ0v) is 5.64. The van der Waals surface area contributed by atoms with Gasteiger partial charge in [0.25, 0.3) is 11.1 Å². The van der Waals surface area contributed by atoms with Crippen molar-refractivity contribution < 1.29 is 20.7 Å². The minimum absolute atomic E-state index is 1.93. The van der Waals surface area contributed by atoms with Crippen molar-refractivity contribution >= 4 is 27.3 Å². The zero-order chi connectivity index (χ0) is 6.78. The predicted octanol–water partition coefficient (Wildman–Crippen LogP) is 1.50. The second-order valence-electron chi connectivity index (χ2n) is 0.743. The van der Waals surface area contributed by atoms with Crippen LogP contribution in [0.25, 0.3) is 0 Å². The Hall–Kier alpha value is 0.380. The van der Waals surface area contributed by atoms with Crippen molar-refractivity contribution in [2.24, 2.45) is 0 Å². The van der Waals surface area contributed by atoms with Crippen molar-refractivity contribution in [1.29, 1.82) is 0 Å². The summed E-state index contributed by atoms with van der Waals surface area (Å²) in [7, 11) is 0. The molecule has 0 aromatic carbocycles. The number of hydrogen-bond acceptors (Lipinski definition) is 2. The summed E-state index contributed by atoms with van der Waals surface area (Å²) in [5.74, 6) is 0. The SMILES string of the molecule is O=S(OBr)C(F)(F)F. The van der Waals surface area contributed by atoms with Gasteiger partial charge in [-0.05, 0) is 0 Å². The molecule has 0 aliphatic heterocycles. The first-order chi connectivity index (χ1) is 3.48. The maximum absolute atomic E-state index is 11.0. The van der Waals surface area contributed by atoms with Gasteiger partial charge in [-0.25, -0.2) is 7.48 Å². The standard InChI is InChI=1S/CBrF3O2S/c2-7-8(6)1(3,4)5. The second-order valence-corrected chi connectivity index (χ2v) is 2.59. The van der Waals surface area contributed by atoms with Gasteiger partial charge in [0.2, 0.25) is 0 Å². The van der Waals surface area contributed by atoms with Crippen LogP contribution in [-0.2, 0) is 14.4 Å². The molecule has 0 rings (SSSR count). The van der Waals surface area contributed by atoms with Crippen LogP contribution in [0.5, 0.6) is 0 Å². The normalized spacial score (nSPS) is 16.0. The van der Waals surface area contributed by atoms with Crippen LogP contribution in [0, 0.1) is 0 Å². The number of halogens is 4.